The van der Waals surface area contributed by atoms with Crippen molar-refractivity contribution in [3.05, 3.63) is 77.6 Å². The minimum Gasteiger partial charge on any atom is -0.476 e. The molecule has 0 fully saturated rings. The topological polar surface area (TPSA) is 70.4 Å². The molecule has 0 spiro atoms. The average molecular weight is 378 g/mol. The molecule has 1 aliphatic heterocycles. The largest absolute Gasteiger partial charge is 0.476 e. The number of thiocarbonyl (C=S) groups is 1. The van der Waals surface area contributed by atoms with E-state index < -0.39 is 5.97 Å². The summed E-state index contributed by atoms with van der Waals surface area (Å²) < 4.78 is 1.74. The van der Waals surface area contributed by atoms with Crippen molar-refractivity contribution >= 4 is 29.0 Å². The molecule has 1 aliphatic rings. The number of aromatic nitrogens is 2. The maximum absolute atomic E-state index is 11.7. The highest BCUT2D eigenvalue weighted by Crippen LogP contribution is 2.26. The first-order valence-corrected chi connectivity index (χ1v) is 9.05. The van der Waals surface area contributed by atoms with Crippen molar-refractivity contribution in [1.29, 1.82) is 0 Å². The number of fused-ring (bicyclic) bond motifs is 1. The molecule has 0 atom stereocenters. The molecule has 2 aromatic carbocycles. The monoisotopic (exact) mass is 378 g/mol. The van der Waals surface area contributed by atoms with Gasteiger partial charge in [0.25, 0.3) is 0 Å². The van der Waals surface area contributed by atoms with Crippen molar-refractivity contribution in [2.75, 3.05) is 11.9 Å². The van der Waals surface area contributed by atoms with Gasteiger partial charge in [-0.1, -0.05) is 36.4 Å². The summed E-state index contributed by atoms with van der Waals surface area (Å²) in [5, 5.41) is 17.8. The van der Waals surface area contributed by atoms with Crippen LogP contribution in [-0.2, 0) is 13.0 Å². The molecule has 136 valence electrons. The molecule has 0 amide bonds. The Bertz CT molecular complexity index is 986. The van der Waals surface area contributed by atoms with Gasteiger partial charge in [-0.2, -0.15) is 5.10 Å². The number of anilines is 1. The van der Waals surface area contributed by atoms with E-state index in [0.29, 0.717) is 24.6 Å². The van der Waals surface area contributed by atoms with E-state index in [4.69, 9.17) is 12.2 Å². The number of aromatic carboxylic acids is 1. The predicted octanol–water partition coefficient (Wildman–Crippen LogP) is 3.33. The second-order valence-corrected chi connectivity index (χ2v) is 6.68. The molecular weight excluding hydrogens is 360 g/mol. The van der Waals surface area contributed by atoms with Crippen LogP contribution in [0.5, 0.6) is 0 Å². The zero-order chi connectivity index (χ0) is 18.8. The third kappa shape index (κ3) is 3.41. The van der Waals surface area contributed by atoms with Crippen LogP contribution in [0.1, 0.15) is 21.7 Å². The van der Waals surface area contributed by atoms with Gasteiger partial charge in [-0.05, 0) is 36.5 Å². The van der Waals surface area contributed by atoms with Crippen LogP contribution in [0, 0.1) is 0 Å². The van der Waals surface area contributed by atoms with E-state index in [2.05, 4.69) is 10.4 Å². The summed E-state index contributed by atoms with van der Waals surface area (Å²) in [6.45, 7) is 1.12. The van der Waals surface area contributed by atoms with E-state index in [1.54, 1.807) is 4.68 Å². The molecular formula is C20H18N4O2S. The summed E-state index contributed by atoms with van der Waals surface area (Å²) in [5.74, 6) is -1.02. The Morgan fingerprint density at radius 1 is 1.07 bits per heavy atom. The number of rotatable bonds is 3. The van der Waals surface area contributed by atoms with Gasteiger partial charge in [0.1, 0.15) is 0 Å². The van der Waals surface area contributed by atoms with Crippen LogP contribution in [0.25, 0.3) is 5.69 Å². The molecule has 0 radical (unpaired) electrons. The summed E-state index contributed by atoms with van der Waals surface area (Å²) in [5.41, 5.74) is 3.50. The van der Waals surface area contributed by atoms with Crippen LogP contribution in [0.2, 0.25) is 0 Å². The highest BCUT2D eigenvalue weighted by atomic mass is 32.1. The van der Waals surface area contributed by atoms with E-state index in [9.17, 15) is 9.90 Å². The van der Waals surface area contributed by atoms with E-state index in [1.807, 2.05) is 65.6 Å². The number of nitrogens with one attached hydrogen (secondary N) is 1. The fourth-order valence-electron chi connectivity index (χ4n) is 3.27. The van der Waals surface area contributed by atoms with E-state index in [0.717, 1.165) is 22.6 Å². The smallest absolute Gasteiger partial charge is 0.356 e. The van der Waals surface area contributed by atoms with Gasteiger partial charge in [-0.25, -0.2) is 9.48 Å². The lowest BCUT2D eigenvalue weighted by Crippen LogP contribution is -2.39. The second kappa shape index (κ2) is 7.20. The van der Waals surface area contributed by atoms with Crippen molar-refractivity contribution in [2.24, 2.45) is 0 Å². The van der Waals surface area contributed by atoms with Crippen molar-refractivity contribution in [3.63, 3.8) is 0 Å². The van der Waals surface area contributed by atoms with Crippen molar-refractivity contribution in [1.82, 2.24) is 14.7 Å². The quantitative estimate of drug-likeness (QED) is 0.682. The van der Waals surface area contributed by atoms with Crippen molar-refractivity contribution in [3.8, 4) is 5.69 Å². The number of carboxylic acids is 1. The summed E-state index contributed by atoms with van der Waals surface area (Å²) in [4.78, 5) is 13.7. The van der Waals surface area contributed by atoms with Crippen molar-refractivity contribution in [2.45, 2.75) is 13.0 Å². The molecule has 3 aromatic rings. The lowest BCUT2D eigenvalue weighted by atomic mass is 10.1. The minimum atomic E-state index is -1.02. The molecule has 2 heterocycles. The van der Waals surface area contributed by atoms with Crippen LogP contribution >= 0.6 is 12.2 Å². The van der Waals surface area contributed by atoms with E-state index >= 15 is 0 Å². The Kier molecular flexibility index (Phi) is 4.60. The molecule has 2 N–H and O–H groups in total. The maximum atomic E-state index is 11.7. The van der Waals surface area contributed by atoms with Crippen LogP contribution < -0.4 is 5.32 Å². The number of hydrogen-bond acceptors (Lipinski definition) is 3. The Hall–Kier alpha value is -3.19. The normalized spacial score (nSPS) is 13.1. The first-order valence-electron chi connectivity index (χ1n) is 8.64. The molecule has 0 bridgehead atoms. The molecule has 27 heavy (non-hydrogen) atoms. The summed E-state index contributed by atoms with van der Waals surface area (Å²) in [7, 11) is 0. The molecule has 0 unspecified atom stereocenters. The highest BCUT2D eigenvalue weighted by Gasteiger charge is 2.29. The number of hydrogen-bond donors (Lipinski definition) is 2. The average Bonchev–Trinajstić information content (AvgIpc) is 3.08. The van der Waals surface area contributed by atoms with Crippen LogP contribution in [0.3, 0.4) is 0 Å². The molecule has 1 aromatic heterocycles. The van der Waals surface area contributed by atoms with E-state index in [-0.39, 0.29) is 5.69 Å². The minimum absolute atomic E-state index is 0.0843. The third-order valence-corrected chi connectivity index (χ3v) is 4.93. The maximum Gasteiger partial charge on any atom is 0.356 e. The van der Waals surface area contributed by atoms with Gasteiger partial charge in [0.15, 0.2) is 10.8 Å². The first kappa shape index (κ1) is 17.2. The fraction of sp³-hybridized carbons (Fsp3) is 0.150. The Balaban J connectivity index is 1.63. The second-order valence-electron chi connectivity index (χ2n) is 6.29. The van der Waals surface area contributed by atoms with Gasteiger partial charge in [-0.15, -0.1) is 0 Å². The summed E-state index contributed by atoms with van der Waals surface area (Å²) >= 11 is 5.53. The summed E-state index contributed by atoms with van der Waals surface area (Å²) in [6, 6.07) is 19.3. The Morgan fingerprint density at radius 3 is 2.41 bits per heavy atom. The van der Waals surface area contributed by atoms with Crippen LogP contribution in [-0.4, -0.2) is 37.4 Å². The zero-order valence-corrected chi connectivity index (χ0v) is 15.3. The van der Waals surface area contributed by atoms with Gasteiger partial charge in [0.05, 0.1) is 11.4 Å². The number of para-hydroxylation sites is 2. The third-order valence-electron chi connectivity index (χ3n) is 4.57. The van der Waals surface area contributed by atoms with E-state index in [1.165, 1.54) is 0 Å². The highest BCUT2D eigenvalue weighted by molar-refractivity contribution is 7.80. The molecule has 7 heteroatoms. The lowest BCUT2D eigenvalue weighted by Gasteiger charge is -2.30. The van der Waals surface area contributed by atoms with Gasteiger partial charge in [-0.3, -0.25) is 0 Å². The predicted molar refractivity (Wildman–Crippen MR) is 107 cm³/mol. The Morgan fingerprint density at radius 2 is 1.74 bits per heavy atom. The first-order chi connectivity index (χ1) is 13.1. The number of nitrogens with zero attached hydrogens (tertiary/aromatic N) is 3. The van der Waals surface area contributed by atoms with Gasteiger partial charge in [0.2, 0.25) is 0 Å². The van der Waals surface area contributed by atoms with Gasteiger partial charge < -0.3 is 15.3 Å². The number of carboxylic acid groups (broad SMARTS) is 1. The SMILES string of the molecule is O=C(O)c1nn(-c2ccccc2)c2c1CN(C(=S)Nc1ccccc1)CC2. The lowest BCUT2D eigenvalue weighted by molar-refractivity contribution is 0.0688. The zero-order valence-electron chi connectivity index (χ0n) is 14.5. The van der Waals surface area contributed by atoms with Crippen LogP contribution in [0.4, 0.5) is 5.69 Å². The number of benzene rings is 2. The molecule has 6 nitrogen and oxygen atoms in total. The summed E-state index contributed by atoms with van der Waals surface area (Å²) in [6.07, 6.45) is 0.668. The molecule has 0 saturated carbocycles. The fourth-order valence-corrected chi connectivity index (χ4v) is 3.54. The standard InChI is InChI=1S/C20H18N4O2S/c25-19(26)18-16-13-23(20(27)21-14-7-3-1-4-8-14)12-11-17(16)24(22-18)15-9-5-2-6-10-15/h1-10H,11-13H2,(H,21,27)(H,25,26). The molecule has 0 saturated heterocycles. The molecule has 4 rings (SSSR count). The van der Waals surface area contributed by atoms with Crippen molar-refractivity contribution < 1.29 is 9.90 Å². The van der Waals surface area contributed by atoms with Gasteiger partial charge >= 0.3 is 5.97 Å². The Labute approximate surface area is 162 Å². The molecule has 0 aliphatic carbocycles. The van der Waals surface area contributed by atoms with Crippen LogP contribution in [0.15, 0.2) is 60.7 Å². The number of carbonyl (C=O) groups is 1. The van der Waals surface area contributed by atoms with Gasteiger partial charge in [0, 0.05) is 30.8 Å².